The van der Waals surface area contributed by atoms with Crippen LogP contribution in [0.4, 0.5) is 5.82 Å². The van der Waals surface area contributed by atoms with Crippen molar-refractivity contribution in [3.8, 4) is 0 Å². The molecule has 1 aromatic heterocycles. The molecule has 1 aliphatic rings. The molecule has 1 aromatic rings. The van der Waals surface area contributed by atoms with Gasteiger partial charge in [0, 0.05) is 0 Å². The summed E-state index contributed by atoms with van der Waals surface area (Å²) in [6.45, 7) is 0. The van der Waals surface area contributed by atoms with Crippen LogP contribution in [0.1, 0.15) is 10.5 Å². The van der Waals surface area contributed by atoms with Gasteiger partial charge in [-0.15, -0.1) is 0 Å². The van der Waals surface area contributed by atoms with Gasteiger partial charge in [0.2, 0.25) is 0 Å². The molecule has 0 saturated carbocycles. The third-order valence-electron chi connectivity index (χ3n) is 1.54. The molecule has 0 bridgehead atoms. The van der Waals surface area contributed by atoms with Crippen molar-refractivity contribution in [2.75, 3.05) is 5.32 Å². The number of carbonyl (C=O) groups excluding carboxylic acids is 1. The molecule has 12 heavy (non-hydrogen) atoms. The third-order valence-corrected chi connectivity index (χ3v) is 1.74. The lowest BCUT2D eigenvalue weighted by atomic mass is 10.3. The second-order valence-corrected chi connectivity index (χ2v) is 2.83. The predicted octanol–water partition coefficient (Wildman–Crippen LogP) is -0.530. The van der Waals surface area contributed by atoms with Crippen molar-refractivity contribution in [2.45, 2.75) is 6.29 Å². The zero-order valence-electron chi connectivity index (χ0n) is 5.97. The quantitative estimate of drug-likeness (QED) is 0.351. The number of nitrogens with one attached hydrogen (secondary N) is 4. The fourth-order valence-electron chi connectivity index (χ4n) is 1.07. The third kappa shape index (κ3) is 0.990. The molecule has 1 unspecified atom stereocenters. The highest BCUT2D eigenvalue weighted by Gasteiger charge is 2.22. The average Bonchev–Trinajstić information content (AvgIpc) is 2.29. The Bertz CT molecular complexity index is 379. The maximum absolute atomic E-state index is 11.2. The lowest BCUT2D eigenvalue weighted by Crippen LogP contribution is -2.50. The molecule has 6 nitrogen and oxygen atoms in total. The molecule has 0 saturated heterocycles. The minimum Gasteiger partial charge on any atom is -0.337 e. The Morgan fingerprint density at radius 2 is 2.08 bits per heavy atom. The summed E-state index contributed by atoms with van der Waals surface area (Å²) in [5, 5.41) is 5.28. The lowest BCUT2D eigenvalue weighted by Gasteiger charge is -2.20. The summed E-state index contributed by atoms with van der Waals surface area (Å²) in [7, 11) is 0. The number of nitrogens with two attached hydrogens (primary N) is 1. The fraction of sp³-hybridized carbons (Fsp3) is 0.200. The average molecular weight is 185 g/mol. The number of rotatable bonds is 0. The van der Waals surface area contributed by atoms with E-state index in [1.807, 2.05) is 0 Å². The van der Waals surface area contributed by atoms with Crippen LogP contribution in [0.2, 0.25) is 0 Å². The second kappa shape index (κ2) is 2.32. The molecule has 1 atom stereocenters. The molecular formula is C5H7N5OS. The number of anilines is 1. The Morgan fingerprint density at radius 3 is 2.83 bits per heavy atom. The highest BCUT2D eigenvalue weighted by molar-refractivity contribution is 7.71. The number of amides is 1. The number of aromatic nitrogens is 2. The molecule has 0 radical (unpaired) electrons. The number of hydrogen-bond acceptors (Lipinski definition) is 4. The Morgan fingerprint density at radius 1 is 1.33 bits per heavy atom. The number of H-pyrrole nitrogens is 2. The van der Waals surface area contributed by atoms with Crippen molar-refractivity contribution in [2.24, 2.45) is 5.73 Å². The SMILES string of the molecule is NC1NC(=O)c2[nH]c(=S)[nH]c2N1. The number of aromatic amines is 2. The zero-order chi connectivity index (χ0) is 8.72. The summed E-state index contributed by atoms with van der Waals surface area (Å²) in [4.78, 5) is 16.6. The van der Waals surface area contributed by atoms with Crippen LogP contribution in [0.25, 0.3) is 0 Å². The van der Waals surface area contributed by atoms with Crippen LogP contribution in [-0.4, -0.2) is 22.2 Å². The van der Waals surface area contributed by atoms with Gasteiger partial charge in [0.05, 0.1) is 0 Å². The first kappa shape index (κ1) is 7.32. The first-order valence-corrected chi connectivity index (χ1v) is 3.73. The van der Waals surface area contributed by atoms with Crippen LogP contribution in [-0.2, 0) is 0 Å². The van der Waals surface area contributed by atoms with Gasteiger partial charge in [0.25, 0.3) is 5.91 Å². The highest BCUT2D eigenvalue weighted by atomic mass is 32.1. The van der Waals surface area contributed by atoms with Crippen molar-refractivity contribution >= 4 is 23.9 Å². The number of hydrogen-bond donors (Lipinski definition) is 5. The summed E-state index contributed by atoms with van der Waals surface area (Å²) in [6, 6.07) is 0. The Labute approximate surface area is 72.5 Å². The first-order valence-electron chi connectivity index (χ1n) is 3.32. The van der Waals surface area contributed by atoms with E-state index in [1.54, 1.807) is 0 Å². The van der Waals surface area contributed by atoms with Crippen LogP contribution < -0.4 is 16.4 Å². The van der Waals surface area contributed by atoms with Crippen LogP contribution in [0.15, 0.2) is 0 Å². The minimum atomic E-state index is -0.563. The van der Waals surface area contributed by atoms with Crippen molar-refractivity contribution in [3.63, 3.8) is 0 Å². The van der Waals surface area contributed by atoms with E-state index in [4.69, 9.17) is 18.0 Å². The fourth-order valence-corrected chi connectivity index (χ4v) is 1.27. The molecule has 0 aliphatic carbocycles. The zero-order valence-corrected chi connectivity index (χ0v) is 6.79. The Balaban J connectivity index is 2.53. The summed E-state index contributed by atoms with van der Waals surface area (Å²) < 4.78 is 0.400. The molecule has 1 aliphatic heterocycles. The highest BCUT2D eigenvalue weighted by Crippen LogP contribution is 2.13. The monoisotopic (exact) mass is 185 g/mol. The van der Waals surface area contributed by atoms with E-state index in [2.05, 4.69) is 20.6 Å². The van der Waals surface area contributed by atoms with E-state index in [9.17, 15) is 4.79 Å². The predicted molar refractivity (Wildman–Crippen MR) is 45.0 cm³/mol. The van der Waals surface area contributed by atoms with Crippen molar-refractivity contribution < 1.29 is 4.79 Å². The molecule has 1 amide bonds. The molecular weight excluding hydrogens is 178 g/mol. The van der Waals surface area contributed by atoms with Gasteiger partial charge in [-0.25, -0.2) is 0 Å². The molecule has 2 rings (SSSR count). The second-order valence-electron chi connectivity index (χ2n) is 2.42. The largest absolute Gasteiger partial charge is 0.337 e. The topological polar surface area (TPSA) is 98.7 Å². The van der Waals surface area contributed by atoms with Gasteiger partial charge in [0.15, 0.2) is 11.1 Å². The Kier molecular flexibility index (Phi) is 1.42. The van der Waals surface area contributed by atoms with E-state index in [-0.39, 0.29) is 5.91 Å². The van der Waals surface area contributed by atoms with Crippen LogP contribution in [0, 0.1) is 4.77 Å². The molecule has 0 aromatic carbocycles. The normalized spacial score (nSPS) is 21.1. The number of imidazole rings is 1. The van der Waals surface area contributed by atoms with Gasteiger partial charge in [-0.2, -0.15) is 0 Å². The number of fused-ring (bicyclic) bond motifs is 1. The molecule has 0 fully saturated rings. The van der Waals surface area contributed by atoms with Crippen LogP contribution in [0.3, 0.4) is 0 Å². The van der Waals surface area contributed by atoms with Crippen molar-refractivity contribution in [1.29, 1.82) is 0 Å². The van der Waals surface area contributed by atoms with Crippen LogP contribution >= 0.6 is 12.2 Å². The smallest absolute Gasteiger partial charge is 0.274 e. The van der Waals surface area contributed by atoms with E-state index < -0.39 is 6.29 Å². The van der Waals surface area contributed by atoms with E-state index in [0.29, 0.717) is 16.3 Å². The Hall–Kier alpha value is -1.34. The van der Waals surface area contributed by atoms with Gasteiger partial charge in [-0.3, -0.25) is 10.5 Å². The molecule has 0 spiro atoms. The molecule has 6 N–H and O–H groups in total. The minimum absolute atomic E-state index is 0.261. The maximum Gasteiger partial charge on any atom is 0.274 e. The lowest BCUT2D eigenvalue weighted by molar-refractivity contribution is 0.0932. The maximum atomic E-state index is 11.2. The van der Waals surface area contributed by atoms with Crippen molar-refractivity contribution in [1.82, 2.24) is 15.3 Å². The molecule has 64 valence electrons. The summed E-state index contributed by atoms with van der Waals surface area (Å²) in [6.07, 6.45) is -0.563. The standard InChI is InChI=1S/C5H7N5OS/c6-4-8-2-1(3(11)10-4)7-5(12)9-2/h4,8H,6H2,(H,10,11)(H2,7,9,12). The summed E-state index contributed by atoms with van der Waals surface area (Å²) in [5.74, 6) is 0.278. The molecule has 7 heteroatoms. The molecule has 2 heterocycles. The van der Waals surface area contributed by atoms with Gasteiger partial charge in [0.1, 0.15) is 11.5 Å². The van der Waals surface area contributed by atoms with Gasteiger partial charge < -0.3 is 20.6 Å². The summed E-state index contributed by atoms with van der Waals surface area (Å²) in [5.41, 5.74) is 5.83. The first-order chi connectivity index (χ1) is 5.66. The van der Waals surface area contributed by atoms with E-state index >= 15 is 0 Å². The van der Waals surface area contributed by atoms with Gasteiger partial charge in [-0.1, -0.05) is 0 Å². The summed E-state index contributed by atoms with van der Waals surface area (Å²) >= 11 is 4.80. The van der Waals surface area contributed by atoms with Gasteiger partial charge >= 0.3 is 0 Å². The van der Waals surface area contributed by atoms with Crippen LogP contribution in [0.5, 0.6) is 0 Å². The van der Waals surface area contributed by atoms with Gasteiger partial charge in [-0.05, 0) is 12.2 Å². The van der Waals surface area contributed by atoms with Crippen molar-refractivity contribution in [3.05, 3.63) is 10.5 Å². The van der Waals surface area contributed by atoms with E-state index in [0.717, 1.165) is 0 Å². The number of carbonyl (C=O) groups is 1. The van der Waals surface area contributed by atoms with E-state index in [1.165, 1.54) is 0 Å².